The number of nitrogens with zero attached hydrogens (tertiary/aromatic N) is 2. The average molecular weight is 305 g/mol. The fraction of sp³-hybridized carbons (Fsp3) is 0.375. The largest absolute Gasteiger partial charge is 0.355 e. The van der Waals surface area contributed by atoms with Crippen LogP contribution in [-0.2, 0) is 0 Å². The van der Waals surface area contributed by atoms with E-state index in [-0.39, 0.29) is 11.9 Å². The van der Waals surface area contributed by atoms with Crippen LogP contribution < -0.4 is 0 Å². The number of carbonyl (C=O) groups is 1. The van der Waals surface area contributed by atoms with E-state index in [0.717, 1.165) is 24.9 Å². The van der Waals surface area contributed by atoms with Crippen LogP contribution in [0.25, 0.3) is 11.3 Å². The van der Waals surface area contributed by atoms with E-state index in [2.05, 4.69) is 12.1 Å². The second kappa shape index (κ2) is 5.90. The van der Waals surface area contributed by atoms with Crippen LogP contribution >= 0.6 is 11.6 Å². The summed E-state index contributed by atoms with van der Waals surface area (Å²) in [6.07, 6.45) is 3.28. The van der Waals surface area contributed by atoms with Crippen molar-refractivity contribution in [3.8, 4) is 11.3 Å². The van der Waals surface area contributed by atoms with Crippen LogP contribution in [0.1, 0.15) is 36.7 Å². The van der Waals surface area contributed by atoms with Gasteiger partial charge in [0, 0.05) is 29.2 Å². The molecule has 1 atom stereocenters. The molecule has 0 unspecified atom stereocenters. The summed E-state index contributed by atoms with van der Waals surface area (Å²) < 4.78 is 5.30. The first-order valence-electron chi connectivity index (χ1n) is 7.19. The third kappa shape index (κ3) is 2.95. The van der Waals surface area contributed by atoms with Crippen molar-refractivity contribution in [1.82, 2.24) is 10.1 Å². The Balaban J connectivity index is 1.81. The summed E-state index contributed by atoms with van der Waals surface area (Å²) in [5.74, 6) is 0.533. The standard InChI is InChI=1S/C16H17ClN2O2/c1-11-4-2-3-9-19(11)16(20)14-10-15(21-18-14)12-5-7-13(17)8-6-12/h5-8,10-11H,2-4,9H2,1H3/t11-/m1/s1. The van der Waals surface area contributed by atoms with E-state index in [0.29, 0.717) is 16.5 Å². The fourth-order valence-electron chi connectivity index (χ4n) is 2.67. The molecular weight excluding hydrogens is 288 g/mol. The van der Waals surface area contributed by atoms with Crippen molar-refractivity contribution < 1.29 is 9.32 Å². The Hall–Kier alpha value is -1.81. The molecule has 2 heterocycles. The van der Waals surface area contributed by atoms with E-state index in [1.54, 1.807) is 18.2 Å². The predicted octanol–water partition coefficient (Wildman–Crippen LogP) is 4.01. The molecule has 1 aliphatic rings. The molecule has 3 rings (SSSR count). The van der Waals surface area contributed by atoms with Crippen LogP contribution in [0.2, 0.25) is 5.02 Å². The molecule has 2 aromatic rings. The summed E-state index contributed by atoms with van der Waals surface area (Å²) in [7, 11) is 0. The van der Waals surface area contributed by atoms with Crippen LogP contribution in [0.5, 0.6) is 0 Å². The topological polar surface area (TPSA) is 46.3 Å². The molecule has 1 aromatic heterocycles. The minimum Gasteiger partial charge on any atom is -0.355 e. The van der Waals surface area contributed by atoms with Crippen molar-refractivity contribution in [2.45, 2.75) is 32.2 Å². The summed E-state index contributed by atoms with van der Waals surface area (Å²) in [5.41, 5.74) is 1.23. The molecule has 1 saturated heterocycles. The predicted molar refractivity (Wildman–Crippen MR) is 81.3 cm³/mol. The summed E-state index contributed by atoms with van der Waals surface area (Å²) in [4.78, 5) is 14.4. The van der Waals surface area contributed by atoms with Gasteiger partial charge in [0.15, 0.2) is 11.5 Å². The highest BCUT2D eigenvalue weighted by Gasteiger charge is 2.26. The molecule has 0 spiro atoms. The van der Waals surface area contributed by atoms with E-state index >= 15 is 0 Å². The lowest BCUT2D eigenvalue weighted by molar-refractivity contribution is 0.0625. The van der Waals surface area contributed by atoms with Crippen molar-refractivity contribution in [2.24, 2.45) is 0 Å². The van der Waals surface area contributed by atoms with E-state index in [1.807, 2.05) is 17.0 Å². The zero-order valence-corrected chi connectivity index (χ0v) is 12.6. The van der Waals surface area contributed by atoms with E-state index in [9.17, 15) is 4.79 Å². The van der Waals surface area contributed by atoms with Gasteiger partial charge in [-0.3, -0.25) is 4.79 Å². The number of carbonyl (C=O) groups excluding carboxylic acids is 1. The van der Waals surface area contributed by atoms with Crippen LogP contribution in [0.3, 0.4) is 0 Å². The third-order valence-electron chi connectivity index (χ3n) is 3.92. The molecule has 0 bridgehead atoms. The second-order valence-corrected chi connectivity index (χ2v) is 5.86. The van der Waals surface area contributed by atoms with Crippen LogP contribution in [-0.4, -0.2) is 28.6 Å². The highest BCUT2D eigenvalue weighted by molar-refractivity contribution is 6.30. The van der Waals surface area contributed by atoms with Gasteiger partial charge < -0.3 is 9.42 Å². The lowest BCUT2D eigenvalue weighted by atomic mass is 10.0. The molecule has 1 aromatic carbocycles. The maximum absolute atomic E-state index is 12.5. The molecule has 1 amide bonds. The number of aromatic nitrogens is 1. The van der Waals surface area contributed by atoms with Gasteiger partial charge in [-0.1, -0.05) is 16.8 Å². The SMILES string of the molecule is C[C@@H]1CCCCN1C(=O)c1cc(-c2ccc(Cl)cc2)on1. The Morgan fingerprint density at radius 2 is 2.10 bits per heavy atom. The Bertz CT molecular complexity index is 636. The number of likely N-dealkylation sites (tertiary alicyclic amines) is 1. The summed E-state index contributed by atoms with van der Waals surface area (Å²) >= 11 is 5.87. The monoisotopic (exact) mass is 304 g/mol. The smallest absolute Gasteiger partial charge is 0.276 e. The number of rotatable bonds is 2. The van der Waals surface area contributed by atoms with E-state index in [4.69, 9.17) is 16.1 Å². The zero-order chi connectivity index (χ0) is 14.8. The molecule has 0 saturated carbocycles. The minimum atomic E-state index is -0.0498. The number of hydrogen-bond acceptors (Lipinski definition) is 3. The number of halogens is 1. The Morgan fingerprint density at radius 3 is 2.81 bits per heavy atom. The molecule has 21 heavy (non-hydrogen) atoms. The molecule has 0 radical (unpaired) electrons. The molecule has 0 aliphatic carbocycles. The van der Waals surface area contributed by atoms with Gasteiger partial charge >= 0.3 is 0 Å². The number of hydrogen-bond donors (Lipinski definition) is 0. The van der Waals surface area contributed by atoms with E-state index in [1.165, 1.54) is 6.42 Å². The number of benzene rings is 1. The van der Waals surface area contributed by atoms with Gasteiger partial charge in [-0.15, -0.1) is 0 Å². The van der Waals surface area contributed by atoms with Gasteiger partial charge in [-0.25, -0.2) is 0 Å². The molecule has 0 N–H and O–H groups in total. The van der Waals surface area contributed by atoms with E-state index < -0.39 is 0 Å². The Kier molecular flexibility index (Phi) is 3.97. The van der Waals surface area contributed by atoms with Gasteiger partial charge in [-0.05, 0) is 50.5 Å². The molecular formula is C16H17ClN2O2. The molecule has 110 valence electrons. The number of piperidine rings is 1. The Morgan fingerprint density at radius 1 is 1.33 bits per heavy atom. The van der Waals surface area contributed by atoms with Crippen molar-refractivity contribution in [1.29, 1.82) is 0 Å². The lowest BCUT2D eigenvalue weighted by Crippen LogP contribution is -2.42. The lowest BCUT2D eigenvalue weighted by Gasteiger charge is -2.32. The first-order valence-corrected chi connectivity index (χ1v) is 7.56. The van der Waals surface area contributed by atoms with Crippen LogP contribution in [0, 0.1) is 0 Å². The van der Waals surface area contributed by atoms with Crippen LogP contribution in [0.15, 0.2) is 34.9 Å². The number of amides is 1. The first-order chi connectivity index (χ1) is 10.1. The fourth-order valence-corrected chi connectivity index (χ4v) is 2.80. The van der Waals surface area contributed by atoms with Crippen molar-refractivity contribution >= 4 is 17.5 Å². The summed E-state index contributed by atoms with van der Waals surface area (Å²) in [6, 6.07) is 9.23. The molecule has 4 nitrogen and oxygen atoms in total. The van der Waals surface area contributed by atoms with Crippen molar-refractivity contribution in [2.75, 3.05) is 6.54 Å². The summed E-state index contributed by atoms with van der Waals surface area (Å²) in [5, 5.41) is 4.59. The van der Waals surface area contributed by atoms with Gasteiger partial charge in [0.1, 0.15) is 0 Å². The van der Waals surface area contributed by atoms with Gasteiger partial charge in [0.2, 0.25) is 0 Å². The molecule has 5 heteroatoms. The molecule has 1 fully saturated rings. The summed E-state index contributed by atoms with van der Waals surface area (Å²) in [6.45, 7) is 2.88. The maximum atomic E-state index is 12.5. The minimum absolute atomic E-state index is 0.0498. The second-order valence-electron chi connectivity index (χ2n) is 5.43. The molecule has 1 aliphatic heterocycles. The van der Waals surface area contributed by atoms with Crippen molar-refractivity contribution in [3.63, 3.8) is 0 Å². The quantitative estimate of drug-likeness (QED) is 0.842. The zero-order valence-electron chi connectivity index (χ0n) is 11.9. The van der Waals surface area contributed by atoms with Gasteiger partial charge in [0.05, 0.1) is 0 Å². The van der Waals surface area contributed by atoms with Crippen molar-refractivity contribution in [3.05, 3.63) is 41.0 Å². The third-order valence-corrected chi connectivity index (χ3v) is 4.17. The van der Waals surface area contributed by atoms with Gasteiger partial charge in [0.25, 0.3) is 5.91 Å². The normalized spacial score (nSPS) is 18.8. The Labute approximate surface area is 128 Å². The maximum Gasteiger partial charge on any atom is 0.276 e. The average Bonchev–Trinajstić information content (AvgIpc) is 2.98. The highest BCUT2D eigenvalue weighted by Crippen LogP contribution is 2.24. The van der Waals surface area contributed by atoms with Gasteiger partial charge in [-0.2, -0.15) is 0 Å². The highest BCUT2D eigenvalue weighted by atomic mass is 35.5. The van der Waals surface area contributed by atoms with Crippen LogP contribution in [0.4, 0.5) is 0 Å². The first kappa shape index (κ1) is 14.1.